The number of allylic oxidation sites excluding steroid dienone is 1. The summed E-state index contributed by atoms with van der Waals surface area (Å²) in [6.45, 7) is 9.20. The molecule has 0 bridgehead atoms. The highest BCUT2D eigenvalue weighted by atomic mass is 16.5. The Hall–Kier alpha value is -0.420. The smallest absolute Gasteiger partial charge is 0.102 e. The molecule has 4 heteroatoms. The summed E-state index contributed by atoms with van der Waals surface area (Å²) >= 11 is 0. The molecule has 4 rings (SSSR count). The fourth-order valence-corrected chi connectivity index (χ4v) is 8.62. The van der Waals surface area contributed by atoms with Crippen molar-refractivity contribution in [1.82, 2.24) is 0 Å². The van der Waals surface area contributed by atoms with Crippen LogP contribution in [-0.4, -0.2) is 46.3 Å². The van der Waals surface area contributed by atoms with E-state index in [2.05, 4.69) is 19.9 Å². The minimum Gasteiger partial charge on any atom is -0.394 e. The van der Waals surface area contributed by atoms with E-state index in [0.29, 0.717) is 17.9 Å². The third-order valence-corrected chi connectivity index (χ3v) is 10.4. The summed E-state index contributed by atoms with van der Waals surface area (Å²) in [6, 6.07) is 0. The van der Waals surface area contributed by atoms with Crippen molar-refractivity contribution >= 4 is 0 Å². The Bertz CT molecular complexity index is 681. The minimum absolute atomic E-state index is 0.0173. The predicted octanol–water partition coefficient (Wildman–Crippen LogP) is 5.25. The van der Waals surface area contributed by atoms with Crippen molar-refractivity contribution in [2.75, 3.05) is 13.2 Å². The van der Waals surface area contributed by atoms with Gasteiger partial charge in [0.15, 0.2) is 0 Å². The van der Waals surface area contributed by atoms with Gasteiger partial charge in [-0.15, -0.1) is 0 Å². The van der Waals surface area contributed by atoms with Gasteiger partial charge in [0.05, 0.1) is 24.9 Å². The summed E-state index contributed by atoms with van der Waals surface area (Å²) in [5.74, 6) is 3.09. The Balaban J connectivity index is 1.44. The lowest BCUT2D eigenvalue weighted by Crippen LogP contribution is -2.54. The zero-order valence-electron chi connectivity index (χ0n) is 21.0. The second-order valence-electron chi connectivity index (χ2n) is 12.7. The van der Waals surface area contributed by atoms with Gasteiger partial charge in [0.1, 0.15) is 6.10 Å². The number of hydrogen-bond acceptors (Lipinski definition) is 4. The first-order valence-corrected chi connectivity index (χ1v) is 13.4. The third kappa shape index (κ3) is 4.46. The van der Waals surface area contributed by atoms with Gasteiger partial charge >= 0.3 is 0 Å². The summed E-state index contributed by atoms with van der Waals surface area (Å²) < 4.78 is 5.79. The third-order valence-electron chi connectivity index (χ3n) is 10.4. The number of unbranched alkanes of at least 4 members (excludes halogenated alkanes) is 1. The quantitative estimate of drug-likeness (QED) is 0.351. The zero-order chi connectivity index (χ0) is 23.1. The number of aliphatic hydroxyl groups is 3. The molecule has 4 aliphatic rings. The summed E-state index contributed by atoms with van der Waals surface area (Å²) in [6.07, 6.45) is 14.8. The number of fused-ring (bicyclic) bond motifs is 5. The first-order chi connectivity index (χ1) is 15.1. The normalized spacial score (nSPS) is 43.9. The lowest BCUT2D eigenvalue weighted by molar-refractivity contribution is -0.0981. The van der Waals surface area contributed by atoms with E-state index in [1.807, 2.05) is 13.8 Å². The molecule has 32 heavy (non-hydrogen) atoms. The molecule has 8 unspecified atom stereocenters. The first-order valence-electron chi connectivity index (χ1n) is 13.4. The van der Waals surface area contributed by atoms with Gasteiger partial charge in [-0.25, -0.2) is 0 Å². The predicted molar refractivity (Wildman–Crippen MR) is 128 cm³/mol. The molecule has 184 valence electrons. The molecule has 0 amide bonds. The van der Waals surface area contributed by atoms with Crippen molar-refractivity contribution < 1.29 is 20.1 Å². The van der Waals surface area contributed by atoms with Gasteiger partial charge in [0.2, 0.25) is 0 Å². The molecule has 4 aliphatic carbocycles. The van der Waals surface area contributed by atoms with Gasteiger partial charge in [-0.3, -0.25) is 0 Å². The van der Waals surface area contributed by atoms with Crippen LogP contribution in [0.1, 0.15) is 98.3 Å². The van der Waals surface area contributed by atoms with Crippen LogP contribution < -0.4 is 0 Å². The maximum atomic E-state index is 11.1. The van der Waals surface area contributed by atoms with E-state index in [0.717, 1.165) is 49.9 Å². The lowest BCUT2D eigenvalue weighted by Gasteiger charge is -2.59. The van der Waals surface area contributed by atoms with Crippen LogP contribution in [0.2, 0.25) is 0 Å². The molecule has 0 aromatic rings. The summed E-state index contributed by atoms with van der Waals surface area (Å²) in [7, 11) is 0. The number of aliphatic hydroxyl groups excluding tert-OH is 2. The van der Waals surface area contributed by atoms with E-state index in [-0.39, 0.29) is 18.1 Å². The maximum absolute atomic E-state index is 11.1. The minimum atomic E-state index is -0.533. The summed E-state index contributed by atoms with van der Waals surface area (Å²) in [5.41, 5.74) is 1.28. The van der Waals surface area contributed by atoms with Crippen LogP contribution in [0.4, 0.5) is 0 Å². The van der Waals surface area contributed by atoms with Crippen LogP contribution in [0, 0.1) is 34.5 Å². The molecular weight excluding hydrogens is 400 g/mol. The van der Waals surface area contributed by atoms with Gasteiger partial charge in [-0.05, 0) is 112 Å². The second kappa shape index (κ2) is 9.32. The fraction of sp³-hybridized carbons (Fsp3) is 0.929. The zero-order valence-corrected chi connectivity index (χ0v) is 21.0. The topological polar surface area (TPSA) is 69.9 Å². The molecule has 0 aromatic heterocycles. The van der Waals surface area contributed by atoms with Crippen molar-refractivity contribution in [3.05, 3.63) is 11.6 Å². The molecule has 0 aromatic carbocycles. The van der Waals surface area contributed by atoms with Crippen LogP contribution in [0.25, 0.3) is 0 Å². The van der Waals surface area contributed by atoms with Crippen LogP contribution >= 0.6 is 0 Å². The maximum Gasteiger partial charge on any atom is 0.102 e. The van der Waals surface area contributed by atoms with Gasteiger partial charge < -0.3 is 20.1 Å². The molecular formula is C28H48O4. The van der Waals surface area contributed by atoms with Crippen molar-refractivity contribution in [1.29, 1.82) is 0 Å². The molecule has 4 nitrogen and oxygen atoms in total. The molecule has 8 atom stereocenters. The van der Waals surface area contributed by atoms with Gasteiger partial charge in [-0.2, -0.15) is 0 Å². The summed E-state index contributed by atoms with van der Waals surface area (Å²) in [5, 5.41) is 30.3. The van der Waals surface area contributed by atoms with Crippen LogP contribution in [0.3, 0.4) is 0 Å². The fourth-order valence-electron chi connectivity index (χ4n) is 8.62. The second-order valence-corrected chi connectivity index (χ2v) is 12.7. The Morgan fingerprint density at radius 2 is 1.84 bits per heavy atom. The van der Waals surface area contributed by atoms with Crippen LogP contribution in [-0.2, 0) is 4.74 Å². The highest BCUT2D eigenvalue weighted by Crippen LogP contribution is 2.66. The van der Waals surface area contributed by atoms with E-state index in [1.54, 1.807) is 0 Å². The van der Waals surface area contributed by atoms with Gasteiger partial charge in [0, 0.05) is 0 Å². The molecule has 0 heterocycles. The molecule has 3 fully saturated rings. The lowest BCUT2D eigenvalue weighted by atomic mass is 9.47. The Labute approximate surface area is 195 Å². The van der Waals surface area contributed by atoms with Crippen molar-refractivity contribution in [3.63, 3.8) is 0 Å². The highest BCUT2D eigenvalue weighted by Gasteiger charge is 2.59. The van der Waals surface area contributed by atoms with Crippen molar-refractivity contribution in [3.8, 4) is 0 Å². The summed E-state index contributed by atoms with van der Waals surface area (Å²) in [4.78, 5) is 0. The standard InChI is InChI=1S/C28H48O4/c1-26(2,31)14-6-5-7-19-8-10-21-20-9-11-23-25(30)24(32-18-17-29)13-16-28(23,4)22(20)12-15-27(19,21)3/h11,19-22,24-25,29-31H,5-10,12-18H2,1-4H3. The molecule has 0 aliphatic heterocycles. The largest absolute Gasteiger partial charge is 0.394 e. The van der Waals surface area contributed by atoms with Gasteiger partial charge in [-0.1, -0.05) is 32.8 Å². The monoisotopic (exact) mass is 448 g/mol. The number of ether oxygens (including phenoxy) is 1. The number of rotatable bonds is 8. The molecule has 0 radical (unpaired) electrons. The highest BCUT2D eigenvalue weighted by molar-refractivity contribution is 5.29. The molecule has 0 spiro atoms. The van der Waals surface area contributed by atoms with E-state index < -0.39 is 11.7 Å². The first kappa shape index (κ1) is 24.7. The van der Waals surface area contributed by atoms with Gasteiger partial charge in [0.25, 0.3) is 0 Å². The average Bonchev–Trinajstić information content (AvgIpc) is 3.06. The Morgan fingerprint density at radius 3 is 2.56 bits per heavy atom. The Kier molecular flexibility index (Phi) is 7.19. The Morgan fingerprint density at radius 1 is 1.06 bits per heavy atom. The van der Waals surface area contributed by atoms with E-state index >= 15 is 0 Å². The van der Waals surface area contributed by atoms with E-state index in [1.165, 1.54) is 44.1 Å². The molecule has 0 saturated heterocycles. The van der Waals surface area contributed by atoms with Crippen molar-refractivity contribution in [2.45, 2.75) is 116 Å². The van der Waals surface area contributed by atoms with Crippen molar-refractivity contribution in [2.24, 2.45) is 34.5 Å². The molecule has 3 N–H and O–H groups in total. The van der Waals surface area contributed by atoms with Crippen LogP contribution in [0.5, 0.6) is 0 Å². The SMILES string of the molecule is CC(C)(O)CCCCC1CCC2C3CC=C4C(O)C(OCCO)CCC4(C)C3CCC12C. The van der Waals surface area contributed by atoms with E-state index in [9.17, 15) is 10.2 Å². The number of hydrogen-bond donors (Lipinski definition) is 3. The molecule has 3 saturated carbocycles. The van der Waals surface area contributed by atoms with E-state index in [4.69, 9.17) is 9.84 Å². The average molecular weight is 449 g/mol. The van der Waals surface area contributed by atoms with Crippen LogP contribution in [0.15, 0.2) is 11.6 Å².